The van der Waals surface area contributed by atoms with Crippen LogP contribution >= 0.6 is 0 Å². The van der Waals surface area contributed by atoms with Gasteiger partial charge in [0.25, 0.3) is 10.0 Å². The molecular formula is C19H18FN3O5S. The van der Waals surface area contributed by atoms with E-state index in [1.807, 2.05) is 0 Å². The number of hydrogen-bond donors (Lipinski definition) is 2. The first-order valence-electron chi connectivity index (χ1n) is 8.46. The molecule has 0 radical (unpaired) electrons. The van der Waals surface area contributed by atoms with Gasteiger partial charge in [0.05, 0.1) is 10.6 Å². The molecule has 0 aliphatic heterocycles. The summed E-state index contributed by atoms with van der Waals surface area (Å²) in [5.41, 5.74) is 1.06. The molecule has 29 heavy (non-hydrogen) atoms. The molecule has 0 unspecified atom stereocenters. The zero-order chi connectivity index (χ0) is 21.2. The summed E-state index contributed by atoms with van der Waals surface area (Å²) in [5.74, 6) is -1.65. The average molecular weight is 419 g/mol. The molecule has 0 saturated carbocycles. The van der Waals surface area contributed by atoms with Crippen LogP contribution in [0.15, 0.2) is 53.7 Å². The van der Waals surface area contributed by atoms with Gasteiger partial charge in [0.15, 0.2) is 12.4 Å². The number of sulfonamides is 1. The van der Waals surface area contributed by atoms with Crippen molar-refractivity contribution in [2.45, 2.75) is 18.7 Å². The fraction of sp³-hybridized carbons (Fsp3) is 0.158. The molecule has 0 amide bonds. The maximum absolute atomic E-state index is 14.4. The minimum absolute atomic E-state index is 0.0337. The molecule has 0 aliphatic carbocycles. The molecule has 152 valence electrons. The van der Waals surface area contributed by atoms with E-state index in [0.29, 0.717) is 5.56 Å². The van der Waals surface area contributed by atoms with Crippen LogP contribution in [0.2, 0.25) is 0 Å². The predicted molar refractivity (Wildman–Crippen MR) is 103 cm³/mol. The Bertz CT molecular complexity index is 1160. The molecule has 10 heteroatoms. The lowest BCUT2D eigenvalue weighted by Gasteiger charge is -2.16. The second-order valence-corrected chi connectivity index (χ2v) is 7.89. The monoisotopic (exact) mass is 419 g/mol. The van der Waals surface area contributed by atoms with Crippen LogP contribution in [0.3, 0.4) is 0 Å². The number of carboxylic acids is 1. The van der Waals surface area contributed by atoms with Gasteiger partial charge in [-0.05, 0) is 43.7 Å². The number of aromatic nitrogens is 2. The van der Waals surface area contributed by atoms with Crippen molar-refractivity contribution in [3.63, 3.8) is 0 Å². The molecular weight excluding hydrogens is 401 g/mol. The lowest BCUT2D eigenvalue weighted by atomic mass is 10.1. The number of benzene rings is 2. The van der Waals surface area contributed by atoms with Gasteiger partial charge in [-0.25, -0.2) is 22.3 Å². The van der Waals surface area contributed by atoms with E-state index >= 15 is 0 Å². The van der Waals surface area contributed by atoms with Crippen LogP contribution in [0.1, 0.15) is 11.1 Å². The Balaban J connectivity index is 1.91. The molecule has 0 saturated heterocycles. The van der Waals surface area contributed by atoms with Crippen molar-refractivity contribution in [1.29, 1.82) is 0 Å². The normalized spacial score (nSPS) is 11.3. The van der Waals surface area contributed by atoms with Crippen molar-refractivity contribution >= 4 is 21.7 Å². The highest BCUT2D eigenvalue weighted by Gasteiger charge is 2.22. The molecule has 0 fully saturated rings. The van der Waals surface area contributed by atoms with Crippen molar-refractivity contribution in [1.82, 2.24) is 9.78 Å². The van der Waals surface area contributed by atoms with Gasteiger partial charge in [-0.2, -0.15) is 5.10 Å². The van der Waals surface area contributed by atoms with E-state index in [9.17, 15) is 17.6 Å². The molecule has 8 nitrogen and oxygen atoms in total. The Hall–Kier alpha value is -3.40. The number of anilines is 1. The van der Waals surface area contributed by atoms with Gasteiger partial charge < -0.3 is 9.84 Å². The number of carboxylic acid groups (broad SMARTS) is 1. The van der Waals surface area contributed by atoms with Crippen molar-refractivity contribution in [3.05, 3.63) is 65.7 Å². The highest BCUT2D eigenvalue weighted by atomic mass is 32.2. The van der Waals surface area contributed by atoms with Gasteiger partial charge >= 0.3 is 5.97 Å². The SMILES string of the molecule is Cc1ccc(S(=O)(=O)Nc2ccc(-n3cccn3)c(F)c2)c(C)c1OCC(=O)O. The number of halogens is 1. The number of ether oxygens (including phenoxy) is 1. The average Bonchev–Trinajstić information content (AvgIpc) is 3.15. The molecule has 0 spiro atoms. The summed E-state index contributed by atoms with van der Waals surface area (Å²) in [6.45, 7) is 2.59. The number of aliphatic carboxylic acids is 1. The van der Waals surface area contributed by atoms with Crippen molar-refractivity contribution in [3.8, 4) is 11.4 Å². The van der Waals surface area contributed by atoms with E-state index in [0.717, 1.165) is 6.07 Å². The van der Waals surface area contributed by atoms with Crippen molar-refractivity contribution in [2.24, 2.45) is 0 Å². The number of aryl methyl sites for hydroxylation is 1. The van der Waals surface area contributed by atoms with E-state index < -0.39 is 28.4 Å². The second kappa shape index (κ2) is 7.92. The van der Waals surface area contributed by atoms with E-state index in [4.69, 9.17) is 9.84 Å². The molecule has 0 aliphatic rings. The minimum Gasteiger partial charge on any atom is -0.481 e. The number of hydrogen-bond acceptors (Lipinski definition) is 5. The topological polar surface area (TPSA) is 111 Å². The quantitative estimate of drug-likeness (QED) is 0.609. The summed E-state index contributed by atoms with van der Waals surface area (Å²) in [4.78, 5) is 10.7. The van der Waals surface area contributed by atoms with Crippen LogP contribution in [0, 0.1) is 19.7 Å². The first kappa shape index (κ1) is 20.3. The third kappa shape index (κ3) is 4.37. The molecule has 2 aromatic carbocycles. The van der Waals surface area contributed by atoms with Gasteiger partial charge in [0, 0.05) is 24.0 Å². The van der Waals surface area contributed by atoms with E-state index in [1.54, 1.807) is 19.2 Å². The molecule has 1 heterocycles. The molecule has 0 atom stereocenters. The number of rotatable bonds is 7. The lowest BCUT2D eigenvalue weighted by molar-refractivity contribution is -0.139. The Morgan fingerprint density at radius 2 is 2.03 bits per heavy atom. The largest absolute Gasteiger partial charge is 0.481 e. The number of nitrogens with one attached hydrogen (secondary N) is 1. The van der Waals surface area contributed by atoms with Gasteiger partial charge in [0.2, 0.25) is 0 Å². The third-order valence-corrected chi connectivity index (χ3v) is 5.66. The van der Waals surface area contributed by atoms with Crippen LogP contribution in [0.25, 0.3) is 5.69 Å². The Morgan fingerprint density at radius 1 is 1.28 bits per heavy atom. The molecule has 1 aromatic heterocycles. The zero-order valence-corrected chi connectivity index (χ0v) is 16.4. The van der Waals surface area contributed by atoms with Crippen LogP contribution in [0.4, 0.5) is 10.1 Å². The summed E-state index contributed by atoms with van der Waals surface area (Å²) in [6, 6.07) is 8.42. The highest BCUT2D eigenvalue weighted by Crippen LogP contribution is 2.30. The summed E-state index contributed by atoms with van der Waals surface area (Å²) in [7, 11) is -4.07. The van der Waals surface area contributed by atoms with Gasteiger partial charge in [-0.3, -0.25) is 4.72 Å². The number of nitrogens with zero attached hydrogens (tertiary/aromatic N) is 2. The van der Waals surface area contributed by atoms with Crippen LogP contribution in [0.5, 0.6) is 5.75 Å². The maximum atomic E-state index is 14.4. The van der Waals surface area contributed by atoms with Gasteiger partial charge in [-0.1, -0.05) is 6.07 Å². The Morgan fingerprint density at radius 3 is 2.66 bits per heavy atom. The third-order valence-electron chi connectivity index (χ3n) is 4.13. The molecule has 3 aromatic rings. The van der Waals surface area contributed by atoms with E-state index in [-0.39, 0.29) is 27.6 Å². The standard InChI is InChI=1S/C19H18FN3O5S/c1-12-4-7-17(13(2)19(12)28-11-18(24)25)29(26,27)22-14-5-6-16(15(20)10-14)23-9-3-8-21-23/h3-10,22H,11H2,1-2H3,(H,24,25). The molecule has 0 bridgehead atoms. The first-order chi connectivity index (χ1) is 13.7. The smallest absolute Gasteiger partial charge is 0.341 e. The maximum Gasteiger partial charge on any atom is 0.341 e. The lowest BCUT2D eigenvalue weighted by Crippen LogP contribution is -2.16. The fourth-order valence-corrected chi connectivity index (χ4v) is 4.12. The van der Waals surface area contributed by atoms with Crippen LogP contribution in [-0.2, 0) is 14.8 Å². The Kier molecular flexibility index (Phi) is 5.55. The summed E-state index contributed by atoms with van der Waals surface area (Å²) in [5, 5.41) is 12.7. The van der Waals surface area contributed by atoms with Gasteiger partial charge in [-0.15, -0.1) is 0 Å². The van der Waals surface area contributed by atoms with Crippen LogP contribution < -0.4 is 9.46 Å². The minimum atomic E-state index is -4.07. The van der Waals surface area contributed by atoms with Crippen molar-refractivity contribution < 1.29 is 27.4 Å². The highest BCUT2D eigenvalue weighted by molar-refractivity contribution is 7.92. The summed E-state index contributed by atoms with van der Waals surface area (Å²) in [6.07, 6.45) is 3.07. The van der Waals surface area contributed by atoms with E-state index in [2.05, 4.69) is 9.82 Å². The first-order valence-corrected chi connectivity index (χ1v) is 9.94. The number of carbonyl (C=O) groups is 1. The Labute approximate surface area is 166 Å². The van der Waals surface area contributed by atoms with E-state index in [1.165, 1.54) is 42.1 Å². The van der Waals surface area contributed by atoms with Crippen LogP contribution in [-0.4, -0.2) is 35.9 Å². The van der Waals surface area contributed by atoms with Gasteiger partial charge in [0.1, 0.15) is 11.4 Å². The zero-order valence-electron chi connectivity index (χ0n) is 15.6. The summed E-state index contributed by atoms with van der Waals surface area (Å²) < 4.78 is 48.9. The fourth-order valence-electron chi connectivity index (χ4n) is 2.83. The predicted octanol–water partition coefficient (Wildman–Crippen LogP) is 2.89. The molecule has 2 N–H and O–H groups in total. The second-order valence-electron chi connectivity index (χ2n) is 6.24. The summed E-state index contributed by atoms with van der Waals surface area (Å²) >= 11 is 0. The molecule has 3 rings (SSSR count). The van der Waals surface area contributed by atoms with Crippen molar-refractivity contribution in [2.75, 3.05) is 11.3 Å².